The maximum atomic E-state index is 12.5. The second-order valence-corrected chi connectivity index (χ2v) is 7.21. The number of nitrogens with zero attached hydrogens (tertiary/aromatic N) is 3. The molecule has 2 aromatic rings. The molecule has 0 radical (unpaired) electrons. The second kappa shape index (κ2) is 6.06. The first-order valence-corrected chi connectivity index (χ1v) is 8.08. The zero-order chi connectivity index (χ0) is 18.2. The Morgan fingerprint density at radius 1 is 1.25 bits per heavy atom. The molecule has 0 aliphatic carbocycles. The van der Waals surface area contributed by atoms with Crippen LogP contribution in [0.5, 0.6) is 5.75 Å². The summed E-state index contributed by atoms with van der Waals surface area (Å²) in [6.07, 6.45) is 0. The minimum Gasteiger partial charge on any atom is -0.501 e. The Morgan fingerprint density at radius 2 is 1.83 bits per heavy atom. The van der Waals surface area contributed by atoms with Crippen molar-refractivity contribution in [1.29, 1.82) is 0 Å². The molecular weight excluding hydrogens is 338 g/mol. The number of carboxylic acid groups (broad SMARTS) is 1. The van der Waals surface area contributed by atoms with Crippen molar-refractivity contribution < 1.29 is 23.4 Å². The van der Waals surface area contributed by atoms with Gasteiger partial charge < -0.3 is 10.2 Å². The van der Waals surface area contributed by atoms with Crippen molar-refractivity contribution >= 4 is 16.0 Å². The zero-order valence-electron chi connectivity index (χ0n) is 13.1. The predicted octanol–water partition coefficient (Wildman–Crippen LogP) is 0.101. The third-order valence-electron chi connectivity index (χ3n) is 3.36. The second-order valence-electron chi connectivity index (χ2n) is 5.09. The average molecular weight is 353 g/mol. The summed E-state index contributed by atoms with van der Waals surface area (Å²) < 4.78 is 26.8. The molecule has 2 N–H and O–H groups in total. The number of aromatic carboxylic acids is 1. The average Bonchev–Trinajstić information content (AvgIpc) is 2.52. The fraction of sp³-hybridized carbons (Fsp3) is 0.214. The molecule has 0 atom stereocenters. The van der Waals surface area contributed by atoms with E-state index in [0.717, 1.165) is 8.87 Å². The van der Waals surface area contributed by atoms with Crippen LogP contribution in [0.2, 0.25) is 0 Å². The number of hydrogen-bond acceptors (Lipinski definition) is 6. The predicted molar refractivity (Wildman–Crippen MR) is 84.4 cm³/mol. The summed E-state index contributed by atoms with van der Waals surface area (Å²) in [6, 6.07) is 5.75. The summed E-state index contributed by atoms with van der Waals surface area (Å²) in [5.74, 6) is -2.79. The van der Waals surface area contributed by atoms with Gasteiger partial charge in [0.25, 0.3) is 5.56 Å². The van der Waals surface area contributed by atoms with E-state index in [-0.39, 0.29) is 16.3 Å². The third kappa shape index (κ3) is 2.76. The number of carboxylic acids is 1. The van der Waals surface area contributed by atoms with E-state index in [1.807, 2.05) is 0 Å². The Bertz CT molecular complexity index is 978. The van der Waals surface area contributed by atoms with Crippen LogP contribution in [0.3, 0.4) is 0 Å². The topological polar surface area (TPSA) is 130 Å². The van der Waals surface area contributed by atoms with Crippen molar-refractivity contribution in [3.05, 3.63) is 40.3 Å². The number of benzene rings is 1. The van der Waals surface area contributed by atoms with E-state index in [2.05, 4.69) is 4.98 Å². The summed E-state index contributed by atoms with van der Waals surface area (Å²) in [6.45, 7) is 0. The van der Waals surface area contributed by atoms with Gasteiger partial charge in [-0.1, -0.05) is 12.1 Å². The molecule has 10 heteroatoms. The van der Waals surface area contributed by atoms with Gasteiger partial charge >= 0.3 is 5.97 Å². The van der Waals surface area contributed by atoms with Gasteiger partial charge in [-0.05, 0) is 12.1 Å². The fourth-order valence-corrected chi connectivity index (χ4v) is 3.13. The molecule has 9 nitrogen and oxygen atoms in total. The Balaban J connectivity index is 2.90. The van der Waals surface area contributed by atoms with Gasteiger partial charge in [0.2, 0.25) is 15.8 Å². The molecule has 0 aliphatic rings. The smallest absolute Gasteiger partial charge is 0.358 e. The van der Waals surface area contributed by atoms with Crippen LogP contribution in [-0.4, -0.2) is 52.6 Å². The summed E-state index contributed by atoms with van der Waals surface area (Å²) in [5, 5.41) is 18.7. The highest BCUT2D eigenvalue weighted by Crippen LogP contribution is 2.27. The molecule has 0 fully saturated rings. The SMILES string of the molecule is CN(C)S(=O)(=O)c1ccccc1-c1nc(C(=O)O)c(O)c(=O)n1C. The highest BCUT2D eigenvalue weighted by Gasteiger charge is 2.26. The first-order chi connectivity index (χ1) is 11.1. The van der Waals surface area contributed by atoms with Crippen LogP contribution in [0, 0.1) is 0 Å². The Kier molecular flexibility index (Phi) is 4.45. The standard InChI is InChI=1S/C14H15N3O6S/c1-16(2)24(22,23)9-7-5-4-6-8(9)12-15-10(14(20)21)11(18)13(19)17(12)3/h4-7,18H,1-3H3,(H,20,21). The molecule has 24 heavy (non-hydrogen) atoms. The number of aromatic nitrogens is 2. The van der Waals surface area contributed by atoms with Crippen molar-refractivity contribution in [2.75, 3.05) is 14.1 Å². The van der Waals surface area contributed by atoms with Gasteiger partial charge in [0.1, 0.15) is 5.82 Å². The van der Waals surface area contributed by atoms with Gasteiger partial charge in [0.15, 0.2) is 5.69 Å². The lowest BCUT2D eigenvalue weighted by molar-refractivity contribution is 0.0686. The number of rotatable bonds is 4. The van der Waals surface area contributed by atoms with Gasteiger partial charge in [-0.15, -0.1) is 0 Å². The van der Waals surface area contributed by atoms with Gasteiger partial charge in [0, 0.05) is 26.7 Å². The Morgan fingerprint density at radius 3 is 2.38 bits per heavy atom. The minimum absolute atomic E-state index is 0.0494. The fourth-order valence-electron chi connectivity index (χ4n) is 2.05. The molecule has 0 unspecified atom stereocenters. The van der Waals surface area contributed by atoms with Gasteiger partial charge in [-0.2, -0.15) is 0 Å². The molecule has 1 heterocycles. The Hall–Kier alpha value is -2.72. The molecule has 0 saturated heterocycles. The first-order valence-electron chi connectivity index (χ1n) is 6.64. The highest BCUT2D eigenvalue weighted by molar-refractivity contribution is 7.89. The number of aromatic hydroxyl groups is 1. The molecule has 1 aromatic heterocycles. The normalized spacial score (nSPS) is 11.7. The van der Waals surface area contributed by atoms with Crippen LogP contribution in [0.25, 0.3) is 11.4 Å². The van der Waals surface area contributed by atoms with E-state index in [1.54, 1.807) is 0 Å². The molecule has 2 rings (SSSR count). The van der Waals surface area contributed by atoms with E-state index in [1.165, 1.54) is 45.4 Å². The summed E-state index contributed by atoms with van der Waals surface area (Å²) in [5.41, 5.74) is -1.78. The van der Waals surface area contributed by atoms with Crippen LogP contribution >= 0.6 is 0 Å². The highest BCUT2D eigenvalue weighted by atomic mass is 32.2. The van der Waals surface area contributed by atoms with Crippen LogP contribution in [-0.2, 0) is 17.1 Å². The lowest BCUT2D eigenvalue weighted by Gasteiger charge is -2.16. The molecule has 0 aliphatic heterocycles. The van der Waals surface area contributed by atoms with Crippen molar-refractivity contribution in [3.63, 3.8) is 0 Å². The summed E-state index contributed by atoms with van der Waals surface area (Å²) in [4.78, 5) is 26.8. The van der Waals surface area contributed by atoms with E-state index in [0.29, 0.717) is 0 Å². The maximum absolute atomic E-state index is 12.5. The van der Waals surface area contributed by atoms with Crippen LogP contribution in [0.15, 0.2) is 34.0 Å². The monoisotopic (exact) mass is 353 g/mol. The van der Waals surface area contributed by atoms with Crippen LogP contribution in [0.1, 0.15) is 10.5 Å². The van der Waals surface area contributed by atoms with Crippen LogP contribution < -0.4 is 5.56 Å². The largest absolute Gasteiger partial charge is 0.501 e. The maximum Gasteiger partial charge on any atom is 0.358 e. The van der Waals surface area contributed by atoms with Gasteiger partial charge in [-0.3, -0.25) is 9.36 Å². The van der Waals surface area contributed by atoms with Crippen molar-refractivity contribution in [2.24, 2.45) is 7.05 Å². The van der Waals surface area contributed by atoms with Crippen molar-refractivity contribution in [2.45, 2.75) is 4.90 Å². The molecule has 0 saturated carbocycles. The molecule has 0 spiro atoms. The zero-order valence-corrected chi connectivity index (χ0v) is 13.9. The number of carbonyl (C=O) groups is 1. The summed E-state index contributed by atoms with van der Waals surface area (Å²) in [7, 11) is 0.0891. The van der Waals surface area contributed by atoms with E-state index in [9.17, 15) is 23.1 Å². The first kappa shape index (κ1) is 17.6. The number of sulfonamides is 1. The Labute approximate surface area is 137 Å². The molecule has 0 bridgehead atoms. The van der Waals surface area contributed by atoms with E-state index >= 15 is 0 Å². The molecule has 128 valence electrons. The van der Waals surface area contributed by atoms with Gasteiger partial charge in [0.05, 0.1) is 4.90 Å². The molecule has 1 aromatic carbocycles. The van der Waals surface area contributed by atoms with Crippen molar-refractivity contribution in [3.8, 4) is 17.1 Å². The van der Waals surface area contributed by atoms with Gasteiger partial charge in [-0.25, -0.2) is 22.5 Å². The lowest BCUT2D eigenvalue weighted by Crippen LogP contribution is -2.26. The summed E-state index contributed by atoms with van der Waals surface area (Å²) >= 11 is 0. The lowest BCUT2D eigenvalue weighted by atomic mass is 10.2. The molecular formula is C14H15N3O6S. The third-order valence-corrected chi connectivity index (χ3v) is 5.23. The number of hydrogen-bond donors (Lipinski definition) is 2. The molecule has 0 amide bonds. The van der Waals surface area contributed by atoms with E-state index < -0.39 is 33.0 Å². The van der Waals surface area contributed by atoms with Crippen LogP contribution in [0.4, 0.5) is 0 Å². The minimum atomic E-state index is -3.86. The quantitative estimate of drug-likeness (QED) is 0.797. The van der Waals surface area contributed by atoms with E-state index in [4.69, 9.17) is 5.11 Å². The van der Waals surface area contributed by atoms with Crippen molar-refractivity contribution in [1.82, 2.24) is 13.9 Å².